The number of aliphatic hydroxyl groups is 1. The van der Waals surface area contributed by atoms with Crippen LogP contribution < -0.4 is 0 Å². The third kappa shape index (κ3) is 1.38. The quantitative estimate of drug-likeness (QED) is 0.599. The van der Waals surface area contributed by atoms with Crippen molar-refractivity contribution in [3.63, 3.8) is 0 Å². The van der Waals surface area contributed by atoms with Crippen molar-refractivity contribution in [2.24, 2.45) is 5.41 Å². The van der Waals surface area contributed by atoms with Crippen LogP contribution in [0, 0.1) is 5.41 Å². The van der Waals surface area contributed by atoms with Gasteiger partial charge in [0.1, 0.15) is 0 Å². The fraction of sp³-hybridized carbons (Fsp3) is 1.00. The number of hydrogen-bond acceptors (Lipinski definition) is 2. The van der Waals surface area contributed by atoms with Gasteiger partial charge in [0.05, 0.1) is 11.7 Å². The lowest BCUT2D eigenvalue weighted by Gasteiger charge is -2.52. The van der Waals surface area contributed by atoms with Crippen LogP contribution in [0.3, 0.4) is 0 Å². The van der Waals surface area contributed by atoms with Crippen LogP contribution in [0.2, 0.25) is 0 Å². The minimum absolute atomic E-state index is 0.0288. The highest BCUT2D eigenvalue weighted by atomic mass is 16.5. The summed E-state index contributed by atoms with van der Waals surface area (Å²) in [6.45, 7) is 5.18. The van der Waals surface area contributed by atoms with Crippen molar-refractivity contribution in [2.75, 3.05) is 6.61 Å². The van der Waals surface area contributed by atoms with Gasteiger partial charge in [0.25, 0.3) is 0 Å². The fourth-order valence-corrected chi connectivity index (χ4v) is 2.87. The van der Waals surface area contributed by atoms with Crippen molar-refractivity contribution in [1.82, 2.24) is 0 Å². The lowest BCUT2D eigenvalue weighted by Crippen LogP contribution is -2.50. The van der Waals surface area contributed by atoms with Crippen LogP contribution in [0.15, 0.2) is 0 Å². The Kier molecular flexibility index (Phi) is 1.74. The fourth-order valence-electron chi connectivity index (χ4n) is 2.87. The number of ether oxygens (including phenoxy) is 1. The molecule has 1 heterocycles. The first kappa shape index (κ1) is 8.52. The molecular formula is C10H18O2. The van der Waals surface area contributed by atoms with E-state index in [-0.39, 0.29) is 11.7 Å². The highest BCUT2D eigenvalue weighted by Gasteiger charge is 2.48. The van der Waals surface area contributed by atoms with Gasteiger partial charge in [-0.1, -0.05) is 0 Å². The third-order valence-corrected chi connectivity index (χ3v) is 3.26. The summed E-state index contributed by atoms with van der Waals surface area (Å²) in [6.07, 6.45) is 4.24. The summed E-state index contributed by atoms with van der Waals surface area (Å²) in [5, 5.41) is 9.29. The molecule has 0 radical (unpaired) electrons. The van der Waals surface area contributed by atoms with E-state index in [1.807, 2.05) is 0 Å². The van der Waals surface area contributed by atoms with Gasteiger partial charge in [-0.25, -0.2) is 0 Å². The lowest BCUT2D eigenvalue weighted by molar-refractivity contribution is -0.159. The minimum Gasteiger partial charge on any atom is -0.393 e. The summed E-state index contributed by atoms with van der Waals surface area (Å²) in [4.78, 5) is 0. The molecule has 1 aliphatic carbocycles. The molecule has 1 saturated heterocycles. The van der Waals surface area contributed by atoms with Crippen molar-refractivity contribution >= 4 is 0 Å². The van der Waals surface area contributed by atoms with Gasteiger partial charge in [-0.2, -0.15) is 0 Å². The molecule has 0 aromatic carbocycles. The Bertz CT molecular complexity index is 175. The van der Waals surface area contributed by atoms with Crippen LogP contribution >= 0.6 is 0 Å². The second-order valence-electron chi connectivity index (χ2n) is 5.10. The van der Waals surface area contributed by atoms with Crippen LogP contribution in [0.4, 0.5) is 0 Å². The summed E-state index contributed by atoms with van der Waals surface area (Å²) >= 11 is 0. The molecule has 1 saturated carbocycles. The van der Waals surface area contributed by atoms with Crippen molar-refractivity contribution in [3.05, 3.63) is 0 Å². The van der Waals surface area contributed by atoms with Crippen molar-refractivity contribution < 1.29 is 9.84 Å². The highest BCUT2D eigenvalue weighted by molar-refractivity contribution is 4.99. The van der Waals surface area contributed by atoms with Gasteiger partial charge >= 0.3 is 0 Å². The summed E-state index contributed by atoms with van der Waals surface area (Å²) in [5.41, 5.74) is 0.472. The monoisotopic (exact) mass is 170 g/mol. The molecule has 0 amide bonds. The lowest BCUT2D eigenvalue weighted by atomic mass is 9.59. The van der Waals surface area contributed by atoms with E-state index in [1.165, 1.54) is 0 Å². The number of rotatable bonds is 0. The Morgan fingerprint density at radius 3 is 2.50 bits per heavy atom. The van der Waals surface area contributed by atoms with Gasteiger partial charge in [-0.15, -0.1) is 0 Å². The van der Waals surface area contributed by atoms with E-state index in [4.69, 9.17) is 4.74 Å². The maximum absolute atomic E-state index is 9.29. The van der Waals surface area contributed by atoms with E-state index in [9.17, 15) is 5.11 Å². The van der Waals surface area contributed by atoms with Crippen molar-refractivity contribution in [3.8, 4) is 0 Å². The van der Waals surface area contributed by atoms with Crippen LogP contribution in [-0.4, -0.2) is 23.4 Å². The first-order valence-corrected chi connectivity index (χ1v) is 4.84. The minimum atomic E-state index is -0.0288. The Hall–Kier alpha value is -0.0800. The molecule has 2 heteroatoms. The Morgan fingerprint density at radius 2 is 2.00 bits per heavy atom. The van der Waals surface area contributed by atoms with Crippen molar-refractivity contribution in [2.45, 2.75) is 51.2 Å². The van der Waals surface area contributed by atoms with Crippen LogP contribution in [0.1, 0.15) is 39.5 Å². The molecule has 2 rings (SSSR count). The van der Waals surface area contributed by atoms with Gasteiger partial charge in [0.15, 0.2) is 0 Å². The van der Waals surface area contributed by atoms with E-state index >= 15 is 0 Å². The van der Waals surface area contributed by atoms with E-state index in [1.54, 1.807) is 0 Å². The molecule has 1 aliphatic heterocycles. The summed E-state index contributed by atoms with van der Waals surface area (Å²) in [5.74, 6) is 0. The van der Waals surface area contributed by atoms with Gasteiger partial charge in [-0.05, 0) is 44.9 Å². The maximum Gasteiger partial charge on any atom is 0.0631 e. The Labute approximate surface area is 73.9 Å². The molecular weight excluding hydrogens is 152 g/mol. The third-order valence-electron chi connectivity index (χ3n) is 3.26. The van der Waals surface area contributed by atoms with Gasteiger partial charge in [0.2, 0.25) is 0 Å². The largest absolute Gasteiger partial charge is 0.393 e. The second-order valence-corrected chi connectivity index (χ2v) is 5.10. The van der Waals surface area contributed by atoms with Crippen LogP contribution in [0.5, 0.6) is 0 Å². The van der Waals surface area contributed by atoms with Crippen LogP contribution in [-0.2, 0) is 4.74 Å². The van der Waals surface area contributed by atoms with E-state index in [2.05, 4.69) is 13.8 Å². The predicted octanol–water partition coefficient (Wildman–Crippen LogP) is 1.72. The molecule has 2 fully saturated rings. The second kappa shape index (κ2) is 2.46. The Balaban J connectivity index is 2.00. The molecule has 0 atom stereocenters. The first-order chi connectivity index (χ1) is 5.52. The normalized spacial score (nSPS) is 45.8. The zero-order valence-electron chi connectivity index (χ0n) is 7.97. The zero-order valence-corrected chi connectivity index (χ0v) is 7.97. The van der Waals surface area contributed by atoms with Gasteiger partial charge in [0, 0.05) is 6.61 Å². The first-order valence-electron chi connectivity index (χ1n) is 4.84. The standard InChI is InChI=1S/C10H18O2/c1-9(2)7-10(3-4-12-9)5-8(11)6-10/h8,11H,3-7H2,1-2H3. The predicted molar refractivity (Wildman–Crippen MR) is 46.9 cm³/mol. The number of aliphatic hydroxyl groups excluding tert-OH is 1. The topological polar surface area (TPSA) is 29.5 Å². The number of hydrogen-bond donors (Lipinski definition) is 1. The van der Waals surface area contributed by atoms with Crippen LogP contribution in [0.25, 0.3) is 0 Å². The molecule has 12 heavy (non-hydrogen) atoms. The summed E-state index contributed by atoms with van der Waals surface area (Å²) in [7, 11) is 0. The zero-order chi connectivity index (χ0) is 8.82. The smallest absolute Gasteiger partial charge is 0.0631 e. The molecule has 2 nitrogen and oxygen atoms in total. The molecule has 1 spiro atoms. The highest BCUT2D eigenvalue weighted by Crippen LogP contribution is 2.52. The SMILES string of the molecule is CC1(C)CC2(CCO1)CC(O)C2. The molecule has 0 aromatic heterocycles. The van der Waals surface area contributed by atoms with Crippen molar-refractivity contribution in [1.29, 1.82) is 0 Å². The molecule has 1 N–H and O–H groups in total. The Morgan fingerprint density at radius 1 is 1.33 bits per heavy atom. The van der Waals surface area contributed by atoms with Gasteiger partial charge < -0.3 is 9.84 Å². The van der Waals surface area contributed by atoms with E-state index in [0.29, 0.717) is 5.41 Å². The average molecular weight is 170 g/mol. The van der Waals surface area contributed by atoms with E-state index in [0.717, 1.165) is 32.3 Å². The van der Waals surface area contributed by atoms with E-state index < -0.39 is 0 Å². The average Bonchev–Trinajstić information content (AvgIpc) is 1.81. The molecule has 0 aromatic rings. The summed E-state index contributed by atoms with van der Waals surface area (Å²) in [6, 6.07) is 0. The molecule has 0 unspecified atom stereocenters. The summed E-state index contributed by atoms with van der Waals surface area (Å²) < 4.78 is 5.65. The van der Waals surface area contributed by atoms with Gasteiger partial charge in [-0.3, -0.25) is 0 Å². The molecule has 2 aliphatic rings. The molecule has 70 valence electrons. The maximum atomic E-state index is 9.29. The molecule has 0 bridgehead atoms.